The normalized spacial score (nSPS) is 15.1. The van der Waals surface area contributed by atoms with E-state index in [9.17, 15) is 9.36 Å². The second-order valence-electron chi connectivity index (χ2n) is 2.91. The van der Waals surface area contributed by atoms with E-state index < -0.39 is 45.1 Å². The first kappa shape index (κ1) is 29.6. The second kappa shape index (κ2) is 14.2. The molecule has 3 atom stereocenters. The smallest absolute Gasteiger partial charge is 1.00 e. The Morgan fingerprint density at radius 2 is 1.58 bits per heavy atom. The fourth-order valence-electron chi connectivity index (χ4n) is 0.766. The number of Topliss-reactive ketones (excluding diaryl/α,β-unsaturated/α-hetero) is 1. The second-order valence-corrected chi connectivity index (χ2v) is 4.15. The number of carbonyl (C=O) groups is 1. The number of ketones is 1. The third-order valence-corrected chi connectivity index (χ3v) is 2.10. The summed E-state index contributed by atoms with van der Waals surface area (Å²) in [6.45, 7) is -2.01. The van der Waals surface area contributed by atoms with Crippen molar-refractivity contribution in [3.63, 3.8) is 0 Å². The summed E-state index contributed by atoms with van der Waals surface area (Å²) in [6.07, 6.45) is -5.94. The maximum absolute atomic E-state index is 10.7. The Labute approximate surface area is 180 Å². The molecule has 0 aromatic heterocycles. The topological polar surface area (TPSA) is 165 Å². The third kappa shape index (κ3) is 14.0. The van der Waals surface area contributed by atoms with E-state index in [0.717, 1.165) is 0 Å². The van der Waals surface area contributed by atoms with E-state index in [1.165, 1.54) is 0 Å². The monoisotopic (exact) mass is 332 g/mol. The van der Waals surface area contributed by atoms with Crippen molar-refractivity contribution in [3.8, 4) is 0 Å². The SMILES string of the molecule is O=C(CO)C(O)C(O)C(O)COP(=O)(O)O.[H-].[H-].[H-].[Na+].[Na+].[Na+]. The number of hydrogen-bond acceptors (Lipinski definition) is 7. The zero-order chi connectivity index (χ0) is 12.9. The maximum atomic E-state index is 10.7. The van der Waals surface area contributed by atoms with Crippen LogP contribution >= 0.6 is 7.82 Å². The molecule has 0 spiro atoms. The van der Waals surface area contributed by atoms with Crippen molar-refractivity contribution in [1.29, 1.82) is 0 Å². The van der Waals surface area contributed by atoms with Gasteiger partial charge in [-0.1, -0.05) is 0 Å². The van der Waals surface area contributed by atoms with Crippen molar-refractivity contribution < 1.29 is 137 Å². The minimum absolute atomic E-state index is 0. The van der Waals surface area contributed by atoms with E-state index in [4.69, 9.17) is 30.2 Å². The largest absolute Gasteiger partial charge is 1.00 e. The number of rotatable bonds is 7. The minimum Gasteiger partial charge on any atom is -1.00 e. The van der Waals surface area contributed by atoms with Gasteiger partial charge in [-0.15, -0.1) is 0 Å². The van der Waals surface area contributed by atoms with E-state index >= 15 is 0 Å². The molecule has 0 radical (unpaired) electrons. The van der Waals surface area contributed by atoms with Gasteiger partial charge in [0.1, 0.15) is 24.9 Å². The fraction of sp³-hybridized carbons (Fsp3) is 0.833. The molecule has 0 rings (SSSR count). The van der Waals surface area contributed by atoms with Crippen molar-refractivity contribution in [1.82, 2.24) is 0 Å². The van der Waals surface area contributed by atoms with Crippen LogP contribution in [-0.4, -0.2) is 67.5 Å². The molecule has 0 aromatic rings. The first-order chi connectivity index (χ1) is 7.19. The molecule has 0 heterocycles. The Morgan fingerprint density at radius 3 is 1.89 bits per heavy atom. The third-order valence-electron chi connectivity index (χ3n) is 1.62. The molecule has 0 aromatic carbocycles. The van der Waals surface area contributed by atoms with Gasteiger partial charge in [0.15, 0.2) is 5.78 Å². The van der Waals surface area contributed by atoms with Crippen LogP contribution in [0.2, 0.25) is 0 Å². The van der Waals surface area contributed by atoms with Crippen molar-refractivity contribution in [2.24, 2.45) is 0 Å². The molecule has 0 aliphatic carbocycles. The summed E-state index contributed by atoms with van der Waals surface area (Å²) in [4.78, 5) is 27.2. The zero-order valence-electron chi connectivity index (χ0n) is 14.0. The number of phosphoric acid groups is 1. The summed E-state index contributed by atoms with van der Waals surface area (Å²) >= 11 is 0. The summed E-state index contributed by atoms with van der Waals surface area (Å²) in [7, 11) is -4.81. The summed E-state index contributed by atoms with van der Waals surface area (Å²) in [6, 6.07) is 0. The molecular weight excluding hydrogens is 316 g/mol. The molecule has 0 bridgehead atoms. The van der Waals surface area contributed by atoms with Gasteiger partial charge in [0.2, 0.25) is 0 Å². The first-order valence-electron chi connectivity index (χ1n) is 4.07. The Balaban J connectivity index is -0.0000000750. The molecule has 13 heteroatoms. The quantitative estimate of drug-likeness (QED) is 0.196. The van der Waals surface area contributed by atoms with Crippen LogP contribution in [0, 0.1) is 0 Å². The molecule has 6 N–H and O–H groups in total. The molecule has 0 amide bonds. The average Bonchev–Trinajstić information content (AvgIpc) is 2.21. The fourth-order valence-corrected chi connectivity index (χ4v) is 1.11. The van der Waals surface area contributed by atoms with E-state index in [-0.39, 0.29) is 93.0 Å². The Bertz CT molecular complexity index is 298. The Morgan fingerprint density at radius 1 is 1.16 bits per heavy atom. The zero-order valence-corrected chi connectivity index (χ0v) is 17.9. The van der Waals surface area contributed by atoms with Crippen molar-refractivity contribution in [3.05, 3.63) is 0 Å². The van der Waals surface area contributed by atoms with Crippen LogP contribution in [0.4, 0.5) is 0 Å². The van der Waals surface area contributed by atoms with Crippen molar-refractivity contribution in [2.75, 3.05) is 13.2 Å². The number of carbonyl (C=O) groups excluding carboxylic acids is 1. The van der Waals surface area contributed by atoms with Crippen molar-refractivity contribution in [2.45, 2.75) is 18.3 Å². The van der Waals surface area contributed by atoms with Crippen LogP contribution in [0.1, 0.15) is 4.28 Å². The summed E-state index contributed by atoms with van der Waals surface area (Å²) < 4.78 is 14.1. The van der Waals surface area contributed by atoms with E-state index in [0.29, 0.717) is 0 Å². The van der Waals surface area contributed by atoms with Gasteiger partial charge >= 0.3 is 96.5 Å². The van der Waals surface area contributed by atoms with Crippen LogP contribution in [-0.2, 0) is 13.9 Å². The van der Waals surface area contributed by atoms with E-state index in [1.807, 2.05) is 0 Å². The van der Waals surface area contributed by atoms with Gasteiger partial charge in [-0.2, -0.15) is 0 Å². The van der Waals surface area contributed by atoms with Crippen LogP contribution in [0.5, 0.6) is 0 Å². The van der Waals surface area contributed by atoms with Crippen LogP contribution in [0.25, 0.3) is 0 Å². The van der Waals surface area contributed by atoms with Gasteiger partial charge < -0.3 is 34.5 Å². The molecule has 0 fully saturated rings. The molecular formula is C6H16Na3O9P. The van der Waals surface area contributed by atoms with Crippen molar-refractivity contribution >= 4 is 13.6 Å². The standard InChI is InChI=1S/C6H13O9P.3Na.3H/c7-1-3(8)5(10)6(11)4(9)2-15-16(12,13)14;;;;;;/h4-7,9-11H,1-2H2,(H2,12,13,14);;;;;;/q;3*+1;3*-1. The number of phosphoric ester groups is 1. The van der Waals surface area contributed by atoms with Crippen LogP contribution in [0.3, 0.4) is 0 Å². The van der Waals surface area contributed by atoms with Gasteiger partial charge in [-0.25, -0.2) is 4.57 Å². The van der Waals surface area contributed by atoms with E-state index in [1.54, 1.807) is 0 Å². The van der Waals surface area contributed by atoms with Gasteiger partial charge in [-0.3, -0.25) is 9.32 Å². The maximum Gasteiger partial charge on any atom is 1.00 e. The van der Waals surface area contributed by atoms with Crippen LogP contribution in [0.15, 0.2) is 0 Å². The summed E-state index contributed by atoms with van der Waals surface area (Å²) in [5, 5.41) is 35.6. The molecule has 9 nitrogen and oxygen atoms in total. The summed E-state index contributed by atoms with van der Waals surface area (Å²) in [5.41, 5.74) is 0. The molecule has 0 aliphatic rings. The van der Waals surface area contributed by atoms with Crippen LogP contribution < -0.4 is 88.7 Å². The Hall–Kier alpha value is 2.62. The van der Waals surface area contributed by atoms with Gasteiger partial charge in [0.25, 0.3) is 0 Å². The van der Waals surface area contributed by atoms with E-state index in [2.05, 4.69) is 4.52 Å². The molecule has 0 aliphatic heterocycles. The molecule has 3 unspecified atom stereocenters. The minimum atomic E-state index is -4.81. The summed E-state index contributed by atoms with van der Waals surface area (Å²) in [5.74, 6) is -1.14. The number of aliphatic hydroxyl groups is 4. The van der Waals surface area contributed by atoms with Gasteiger partial charge in [0.05, 0.1) is 6.61 Å². The predicted molar refractivity (Wildman–Crippen MR) is 51.4 cm³/mol. The van der Waals surface area contributed by atoms with Gasteiger partial charge in [-0.05, 0) is 0 Å². The number of aliphatic hydroxyl groups excluding tert-OH is 4. The van der Waals surface area contributed by atoms with Gasteiger partial charge in [0, 0.05) is 0 Å². The molecule has 19 heavy (non-hydrogen) atoms. The first-order valence-corrected chi connectivity index (χ1v) is 5.60. The molecule has 0 saturated carbocycles. The average molecular weight is 332 g/mol. The molecule has 0 saturated heterocycles. The number of hydrogen-bond donors (Lipinski definition) is 6. The Kier molecular flexibility index (Phi) is 22.2. The molecule has 102 valence electrons. The predicted octanol–water partition coefficient (Wildman–Crippen LogP) is -11.9.